The first-order valence-electron chi connectivity index (χ1n) is 7.73. The van der Waals surface area contributed by atoms with Gasteiger partial charge in [0.25, 0.3) is 0 Å². The summed E-state index contributed by atoms with van der Waals surface area (Å²) >= 11 is 1.02. The number of hydrogen-bond acceptors (Lipinski definition) is 6. The van der Waals surface area contributed by atoms with Gasteiger partial charge in [-0.05, 0) is 31.5 Å². The smallest absolute Gasteiger partial charge is 0.253 e. The van der Waals surface area contributed by atoms with Gasteiger partial charge in [0.1, 0.15) is 4.75 Å². The van der Waals surface area contributed by atoms with Gasteiger partial charge in [0.05, 0.1) is 17.1 Å². The fraction of sp³-hybridized carbons (Fsp3) is 0.158. The molecule has 26 heavy (non-hydrogen) atoms. The summed E-state index contributed by atoms with van der Waals surface area (Å²) in [6, 6.07) is 15.0. The van der Waals surface area contributed by atoms with Crippen LogP contribution in [0.1, 0.15) is 19.4 Å². The number of thioether (sulfide) groups is 1. The molecule has 5 nitrogen and oxygen atoms in total. The number of carbonyl (C=O) groups excluding carboxylic acids is 1. The van der Waals surface area contributed by atoms with Crippen LogP contribution in [0.3, 0.4) is 0 Å². The van der Waals surface area contributed by atoms with E-state index in [-0.39, 0.29) is 0 Å². The quantitative estimate of drug-likeness (QED) is 0.500. The lowest BCUT2D eigenvalue weighted by molar-refractivity contribution is -0.185. The molecular weight excluding hydrogens is 353 g/mol. The highest BCUT2D eigenvalue weighted by atomic mass is 32.2. The van der Waals surface area contributed by atoms with E-state index in [0.717, 1.165) is 28.3 Å². The second-order valence-corrected chi connectivity index (χ2v) is 7.65. The molecule has 1 heterocycles. The number of nitriles is 1. The molecule has 130 valence electrons. The summed E-state index contributed by atoms with van der Waals surface area (Å²) in [5.74, 6) is -0.994. The van der Waals surface area contributed by atoms with E-state index >= 15 is 0 Å². The Bertz CT molecular complexity index is 1010. The van der Waals surface area contributed by atoms with Gasteiger partial charge in [-0.3, -0.25) is 4.94 Å². The van der Waals surface area contributed by atoms with Gasteiger partial charge < -0.3 is 0 Å². The van der Waals surface area contributed by atoms with Crippen molar-refractivity contribution in [3.8, 4) is 17.2 Å². The highest BCUT2D eigenvalue weighted by Gasteiger charge is 2.33. The summed E-state index contributed by atoms with van der Waals surface area (Å²) in [6.07, 6.45) is 1.66. The first-order valence-corrected chi connectivity index (χ1v) is 8.54. The number of fused-ring (bicyclic) bond motifs is 1. The van der Waals surface area contributed by atoms with Gasteiger partial charge in [0.15, 0.2) is 5.16 Å². The van der Waals surface area contributed by atoms with E-state index < -0.39 is 10.7 Å². The number of benzene rings is 2. The fourth-order valence-electron chi connectivity index (χ4n) is 2.41. The van der Waals surface area contributed by atoms with E-state index in [1.54, 1.807) is 32.2 Å². The first kappa shape index (κ1) is 17.8. The molecule has 0 saturated carbocycles. The average molecular weight is 367 g/mol. The number of rotatable bonds is 4. The molecule has 0 aliphatic rings. The maximum absolute atomic E-state index is 12.3. The average Bonchev–Trinajstić information content (AvgIpc) is 2.66. The third-order valence-corrected chi connectivity index (χ3v) is 4.88. The van der Waals surface area contributed by atoms with Crippen LogP contribution in [-0.2, 0) is 9.74 Å². The molecule has 3 rings (SSSR count). The molecule has 2 aromatic carbocycles. The minimum absolute atomic E-state index is 0.342. The second-order valence-electron chi connectivity index (χ2n) is 6.06. The molecule has 0 spiro atoms. The Kier molecular flexibility index (Phi) is 4.87. The summed E-state index contributed by atoms with van der Waals surface area (Å²) in [5.41, 5.74) is 3.07. The third-order valence-electron chi connectivity index (χ3n) is 3.82. The van der Waals surface area contributed by atoms with E-state index in [1.165, 1.54) is 0 Å². The fourth-order valence-corrected chi connectivity index (χ4v) is 3.22. The Hall–Kier alpha value is -2.98. The molecule has 3 aromatic rings. The van der Waals surface area contributed by atoms with Crippen molar-refractivity contribution in [2.75, 3.05) is 0 Å². The predicted octanol–water partition coefficient (Wildman–Crippen LogP) is 4.47. The largest absolute Gasteiger partial charge is 0.364 e. The Balaban J connectivity index is 2.05. The van der Waals surface area contributed by atoms with Gasteiger partial charge >= 0.3 is 5.97 Å². The van der Waals surface area contributed by atoms with Crippen molar-refractivity contribution in [3.05, 3.63) is 54.2 Å². The van der Waals surface area contributed by atoms with Crippen LogP contribution < -0.4 is 0 Å². The highest BCUT2D eigenvalue weighted by molar-refractivity contribution is 8.01. The number of aromatic nitrogens is 2. The van der Waals surface area contributed by atoms with E-state index in [0.29, 0.717) is 16.2 Å². The van der Waals surface area contributed by atoms with Gasteiger partial charge in [-0.2, -0.15) is 5.26 Å². The molecular formula is C19H14FN3O2S. The SMILES string of the molecule is CC(C)(Sc1ncc2cccc(-c3ccc(C#N)cc3)c2n1)C(=O)OF. The van der Waals surface area contributed by atoms with Crippen LogP contribution in [-0.4, -0.2) is 20.7 Å². The lowest BCUT2D eigenvalue weighted by Crippen LogP contribution is -2.28. The number of para-hydroxylation sites is 1. The standard InChI is InChI=1S/C19H14FN3O2S/c1-19(2,17(24)25-20)26-18-22-11-14-4-3-5-15(16(14)23-18)13-8-6-12(10-21)7-9-13/h3-9,11H,1-2H3. The molecule has 0 amide bonds. The van der Waals surface area contributed by atoms with Crippen LogP contribution in [0.4, 0.5) is 4.53 Å². The predicted molar refractivity (Wildman–Crippen MR) is 96.8 cm³/mol. The Labute approximate surface area is 153 Å². The summed E-state index contributed by atoms with van der Waals surface area (Å²) in [5, 5.41) is 10.1. The van der Waals surface area contributed by atoms with Crippen molar-refractivity contribution in [1.29, 1.82) is 5.26 Å². The van der Waals surface area contributed by atoms with Crippen molar-refractivity contribution in [2.45, 2.75) is 23.8 Å². The number of nitrogens with zero attached hydrogens (tertiary/aromatic N) is 3. The molecule has 0 N–H and O–H groups in total. The normalized spacial score (nSPS) is 11.2. The summed E-state index contributed by atoms with van der Waals surface area (Å²) in [7, 11) is 0. The van der Waals surface area contributed by atoms with E-state index in [2.05, 4.69) is 21.0 Å². The van der Waals surface area contributed by atoms with Crippen LogP contribution in [0.15, 0.2) is 53.8 Å². The number of hydrogen-bond donors (Lipinski definition) is 0. The maximum atomic E-state index is 12.3. The maximum Gasteiger partial charge on any atom is 0.364 e. The van der Waals surface area contributed by atoms with Crippen molar-refractivity contribution in [3.63, 3.8) is 0 Å². The van der Waals surface area contributed by atoms with Gasteiger partial charge in [0, 0.05) is 21.7 Å². The zero-order chi connectivity index (χ0) is 18.7. The lowest BCUT2D eigenvalue weighted by Gasteiger charge is -2.17. The molecule has 0 atom stereocenters. The monoisotopic (exact) mass is 367 g/mol. The number of carbonyl (C=O) groups is 1. The Morgan fingerprint density at radius 1 is 1.23 bits per heavy atom. The van der Waals surface area contributed by atoms with Crippen LogP contribution in [0, 0.1) is 11.3 Å². The summed E-state index contributed by atoms with van der Waals surface area (Å²) in [6.45, 7) is 3.08. The summed E-state index contributed by atoms with van der Waals surface area (Å²) in [4.78, 5) is 23.7. The van der Waals surface area contributed by atoms with E-state index in [9.17, 15) is 9.32 Å². The van der Waals surface area contributed by atoms with Crippen molar-refractivity contribution in [2.24, 2.45) is 0 Å². The van der Waals surface area contributed by atoms with Gasteiger partial charge in [0.2, 0.25) is 0 Å². The molecule has 0 radical (unpaired) electrons. The van der Waals surface area contributed by atoms with Crippen molar-refractivity contribution < 1.29 is 14.3 Å². The molecule has 0 unspecified atom stereocenters. The van der Waals surface area contributed by atoms with Gasteiger partial charge in [-0.1, -0.05) is 42.1 Å². The number of halogens is 1. The highest BCUT2D eigenvalue weighted by Crippen LogP contribution is 2.34. The second kappa shape index (κ2) is 7.10. The van der Waals surface area contributed by atoms with Crippen molar-refractivity contribution in [1.82, 2.24) is 9.97 Å². The molecule has 0 aliphatic carbocycles. The van der Waals surface area contributed by atoms with Crippen molar-refractivity contribution >= 4 is 28.6 Å². The van der Waals surface area contributed by atoms with Crippen LogP contribution in [0.2, 0.25) is 0 Å². The molecule has 0 fully saturated rings. The lowest BCUT2D eigenvalue weighted by atomic mass is 10.0. The Morgan fingerprint density at radius 3 is 2.62 bits per heavy atom. The van der Waals surface area contributed by atoms with Gasteiger partial charge in [-0.25, -0.2) is 14.8 Å². The van der Waals surface area contributed by atoms with Crippen LogP contribution in [0.5, 0.6) is 0 Å². The molecule has 0 aliphatic heterocycles. The van der Waals surface area contributed by atoms with E-state index in [4.69, 9.17) is 5.26 Å². The molecule has 7 heteroatoms. The topological polar surface area (TPSA) is 75.9 Å². The molecule has 1 aromatic heterocycles. The zero-order valence-corrected chi connectivity index (χ0v) is 14.9. The Morgan fingerprint density at radius 2 is 1.96 bits per heavy atom. The van der Waals surface area contributed by atoms with Crippen LogP contribution in [0.25, 0.3) is 22.0 Å². The minimum atomic E-state index is -1.16. The summed E-state index contributed by atoms with van der Waals surface area (Å²) < 4.78 is 11.1. The first-order chi connectivity index (χ1) is 12.4. The molecule has 0 bridgehead atoms. The van der Waals surface area contributed by atoms with E-state index in [1.807, 2.05) is 30.3 Å². The minimum Gasteiger partial charge on any atom is -0.253 e. The van der Waals surface area contributed by atoms with Crippen LogP contribution >= 0.6 is 11.8 Å². The third kappa shape index (κ3) is 3.51. The van der Waals surface area contributed by atoms with Gasteiger partial charge in [-0.15, -0.1) is 0 Å². The zero-order valence-electron chi connectivity index (χ0n) is 14.1. The molecule has 0 saturated heterocycles.